The van der Waals surface area contributed by atoms with Gasteiger partial charge in [0.1, 0.15) is 6.23 Å². The minimum Gasteiger partial charge on any atom is -0.379 e. The first-order valence-corrected chi connectivity index (χ1v) is 5.14. The van der Waals surface area contributed by atoms with Crippen molar-refractivity contribution in [1.82, 2.24) is 10.2 Å². The summed E-state index contributed by atoms with van der Waals surface area (Å²) in [6.07, 6.45) is 1.95. The predicted molar refractivity (Wildman–Crippen MR) is 58.8 cm³/mol. The van der Waals surface area contributed by atoms with Crippen LogP contribution in [0, 0.1) is 0 Å². The second-order valence-corrected chi connectivity index (χ2v) is 3.17. The van der Waals surface area contributed by atoms with Crippen LogP contribution in [0.15, 0.2) is 0 Å². The second-order valence-electron chi connectivity index (χ2n) is 3.17. The average Bonchev–Trinajstić information content (AvgIpc) is 2.05. The van der Waals surface area contributed by atoms with E-state index in [0.717, 1.165) is 25.9 Å². The van der Waals surface area contributed by atoms with Crippen LogP contribution in [0.2, 0.25) is 0 Å². The third-order valence-electron chi connectivity index (χ3n) is 1.55. The molecule has 0 heterocycles. The van der Waals surface area contributed by atoms with E-state index in [1.54, 1.807) is 0 Å². The summed E-state index contributed by atoms with van der Waals surface area (Å²) in [7, 11) is 3.75. The monoisotopic (exact) mass is 190 g/mol. The fraction of sp³-hybridized carbons (Fsp3) is 1.00. The molecule has 0 saturated heterocycles. The number of nitrogens with one attached hydrogen (secondary N) is 1. The van der Waals surface area contributed by atoms with Gasteiger partial charge < -0.3 is 10.4 Å². The number of hydrogen-bond acceptors (Lipinski definition) is 3. The van der Waals surface area contributed by atoms with Gasteiger partial charge in [-0.1, -0.05) is 13.8 Å². The average molecular weight is 190 g/mol. The zero-order chi connectivity index (χ0) is 10.7. The number of aliphatic hydroxyl groups is 1. The molecule has 0 aliphatic carbocycles. The molecule has 82 valence electrons. The second kappa shape index (κ2) is 11.9. The van der Waals surface area contributed by atoms with Crippen molar-refractivity contribution in [2.24, 2.45) is 0 Å². The van der Waals surface area contributed by atoms with Crippen molar-refractivity contribution in [3.05, 3.63) is 0 Å². The molecule has 0 fully saturated rings. The Kier molecular flexibility index (Phi) is 14.0. The van der Waals surface area contributed by atoms with Gasteiger partial charge in [-0.3, -0.25) is 4.90 Å². The van der Waals surface area contributed by atoms with Gasteiger partial charge in [-0.15, -0.1) is 0 Å². The molecule has 3 heteroatoms. The molecular formula is C10H26N2O. The lowest BCUT2D eigenvalue weighted by molar-refractivity contribution is 0.0188. The van der Waals surface area contributed by atoms with Crippen LogP contribution in [0.4, 0.5) is 0 Å². The molecule has 0 amide bonds. The zero-order valence-corrected chi connectivity index (χ0v) is 9.80. The topological polar surface area (TPSA) is 35.5 Å². The molecule has 0 radical (unpaired) electrons. The van der Waals surface area contributed by atoms with E-state index in [2.05, 4.69) is 24.1 Å². The molecule has 0 saturated carbocycles. The smallest absolute Gasteiger partial charge is 0.104 e. The summed E-state index contributed by atoms with van der Waals surface area (Å²) in [6, 6.07) is 0. The number of nitrogens with zero attached hydrogens (tertiary/aromatic N) is 1. The Labute approximate surface area is 83.1 Å². The summed E-state index contributed by atoms with van der Waals surface area (Å²) in [4.78, 5) is 2.08. The van der Waals surface area contributed by atoms with Crippen molar-refractivity contribution in [3.63, 3.8) is 0 Å². The van der Waals surface area contributed by atoms with E-state index in [1.807, 2.05) is 21.0 Å². The van der Waals surface area contributed by atoms with Gasteiger partial charge in [-0.25, -0.2) is 0 Å². The van der Waals surface area contributed by atoms with Gasteiger partial charge in [-0.2, -0.15) is 0 Å². The van der Waals surface area contributed by atoms with Crippen LogP contribution in [-0.2, 0) is 0 Å². The number of rotatable bonds is 5. The van der Waals surface area contributed by atoms with Crippen LogP contribution in [0.1, 0.15) is 33.6 Å². The SMILES string of the molecule is CCCN(CCC)C(C)O.CNC. The first kappa shape index (κ1) is 15.4. The fourth-order valence-corrected chi connectivity index (χ4v) is 1.06. The molecule has 3 nitrogen and oxygen atoms in total. The minimum atomic E-state index is -0.278. The standard InChI is InChI=1S/C8H19NO.C2H7N/c1-4-6-9(7-5-2)8(3)10;1-3-2/h8,10H,4-7H2,1-3H3;3H,1-2H3. The molecule has 13 heavy (non-hydrogen) atoms. The Hall–Kier alpha value is -0.120. The van der Waals surface area contributed by atoms with E-state index in [-0.39, 0.29) is 6.23 Å². The normalized spacial score (nSPS) is 12.2. The third-order valence-corrected chi connectivity index (χ3v) is 1.55. The molecule has 0 rings (SSSR count). The first-order chi connectivity index (χ1) is 6.13. The van der Waals surface area contributed by atoms with Gasteiger partial charge in [-0.05, 0) is 33.9 Å². The Balaban J connectivity index is 0. The van der Waals surface area contributed by atoms with Crippen molar-refractivity contribution in [3.8, 4) is 0 Å². The van der Waals surface area contributed by atoms with E-state index < -0.39 is 0 Å². The fourth-order valence-electron chi connectivity index (χ4n) is 1.06. The molecule has 0 aliphatic heterocycles. The van der Waals surface area contributed by atoms with Gasteiger partial charge in [0.2, 0.25) is 0 Å². The largest absolute Gasteiger partial charge is 0.379 e. The maximum atomic E-state index is 9.20. The van der Waals surface area contributed by atoms with Crippen LogP contribution >= 0.6 is 0 Å². The maximum Gasteiger partial charge on any atom is 0.104 e. The summed E-state index contributed by atoms with van der Waals surface area (Å²) < 4.78 is 0. The highest BCUT2D eigenvalue weighted by atomic mass is 16.3. The lowest BCUT2D eigenvalue weighted by atomic mass is 10.3. The molecule has 1 unspecified atom stereocenters. The molecule has 2 N–H and O–H groups in total. The van der Waals surface area contributed by atoms with Crippen LogP contribution in [0.25, 0.3) is 0 Å². The summed E-state index contributed by atoms with van der Waals surface area (Å²) in [5.41, 5.74) is 0. The zero-order valence-electron chi connectivity index (χ0n) is 9.80. The molecular weight excluding hydrogens is 164 g/mol. The summed E-state index contributed by atoms with van der Waals surface area (Å²) in [5.74, 6) is 0. The Bertz CT molecular complexity index is 81.0. The van der Waals surface area contributed by atoms with Crippen LogP contribution < -0.4 is 5.32 Å². The van der Waals surface area contributed by atoms with Crippen LogP contribution in [0.3, 0.4) is 0 Å². The Morgan fingerprint density at radius 2 is 1.46 bits per heavy atom. The van der Waals surface area contributed by atoms with Crippen molar-refractivity contribution in [1.29, 1.82) is 0 Å². The lowest BCUT2D eigenvalue weighted by Crippen LogP contribution is -2.34. The van der Waals surface area contributed by atoms with Crippen LogP contribution in [0.5, 0.6) is 0 Å². The van der Waals surface area contributed by atoms with Gasteiger partial charge in [0.15, 0.2) is 0 Å². The van der Waals surface area contributed by atoms with Gasteiger partial charge in [0, 0.05) is 13.1 Å². The van der Waals surface area contributed by atoms with E-state index in [1.165, 1.54) is 0 Å². The number of hydrogen-bond donors (Lipinski definition) is 2. The van der Waals surface area contributed by atoms with E-state index >= 15 is 0 Å². The summed E-state index contributed by atoms with van der Waals surface area (Å²) in [6.45, 7) is 8.10. The molecule has 0 aromatic rings. The minimum absolute atomic E-state index is 0.278. The van der Waals surface area contributed by atoms with Crippen molar-refractivity contribution >= 4 is 0 Å². The van der Waals surface area contributed by atoms with E-state index in [4.69, 9.17) is 0 Å². The van der Waals surface area contributed by atoms with Crippen molar-refractivity contribution in [2.75, 3.05) is 27.2 Å². The van der Waals surface area contributed by atoms with Crippen LogP contribution in [-0.4, -0.2) is 43.4 Å². The quantitative estimate of drug-likeness (QED) is 0.641. The highest BCUT2D eigenvalue weighted by Gasteiger charge is 2.06. The van der Waals surface area contributed by atoms with Gasteiger partial charge in [0.05, 0.1) is 0 Å². The molecule has 1 atom stereocenters. The number of aliphatic hydroxyl groups excluding tert-OH is 1. The molecule has 0 bridgehead atoms. The Morgan fingerprint density at radius 1 is 1.15 bits per heavy atom. The molecule has 0 aromatic heterocycles. The summed E-state index contributed by atoms with van der Waals surface area (Å²) >= 11 is 0. The summed E-state index contributed by atoms with van der Waals surface area (Å²) in [5, 5.41) is 12.0. The first-order valence-electron chi connectivity index (χ1n) is 5.14. The highest BCUT2D eigenvalue weighted by Crippen LogP contribution is 1.97. The predicted octanol–water partition coefficient (Wildman–Crippen LogP) is 1.28. The van der Waals surface area contributed by atoms with E-state index in [9.17, 15) is 5.11 Å². The Morgan fingerprint density at radius 3 is 1.62 bits per heavy atom. The molecule has 0 aliphatic rings. The van der Waals surface area contributed by atoms with Crippen molar-refractivity contribution < 1.29 is 5.11 Å². The maximum absolute atomic E-state index is 9.20. The highest BCUT2D eigenvalue weighted by molar-refractivity contribution is 4.55. The third kappa shape index (κ3) is 11.9. The van der Waals surface area contributed by atoms with Gasteiger partial charge >= 0.3 is 0 Å². The van der Waals surface area contributed by atoms with Crippen molar-refractivity contribution in [2.45, 2.75) is 39.8 Å². The van der Waals surface area contributed by atoms with E-state index in [0.29, 0.717) is 0 Å². The van der Waals surface area contributed by atoms with Gasteiger partial charge in [0.25, 0.3) is 0 Å². The lowest BCUT2D eigenvalue weighted by Gasteiger charge is -2.23. The molecule has 0 aromatic carbocycles. The molecule has 0 spiro atoms.